The first-order valence-corrected chi connectivity index (χ1v) is 11.7. The average molecular weight is 477 g/mol. The van der Waals surface area contributed by atoms with Crippen LogP contribution in [0.4, 0.5) is 10.1 Å². The number of para-hydroxylation sites is 3. The lowest BCUT2D eigenvalue weighted by molar-refractivity contribution is -0.115. The van der Waals surface area contributed by atoms with Gasteiger partial charge in [-0.25, -0.2) is 4.39 Å². The van der Waals surface area contributed by atoms with Crippen molar-refractivity contribution in [2.45, 2.75) is 37.8 Å². The molecular weight excluding hydrogens is 451 g/mol. The molecule has 0 radical (unpaired) electrons. The van der Waals surface area contributed by atoms with E-state index in [9.17, 15) is 9.18 Å². The van der Waals surface area contributed by atoms with Crippen molar-refractivity contribution in [2.75, 3.05) is 5.32 Å². The van der Waals surface area contributed by atoms with Gasteiger partial charge in [-0.2, -0.15) is 0 Å². The van der Waals surface area contributed by atoms with Crippen LogP contribution in [0.25, 0.3) is 5.69 Å². The molecule has 0 aliphatic carbocycles. The van der Waals surface area contributed by atoms with Crippen LogP contribution in [-0.4, -0.2) is 25.9 Å². The Hall–Kier alpha value is -3.65. The standard InChI is InChI=1S/C26H25FN4O2S/c1-17-10-9-11-18(2)24(17)28-25(32)19(3)34-26-30-29-23(31(26)20-12-5-4-6-13-20)16-33-22-15-8-7-14-21(22)27/h4-15,19H,16H2,1-3H3,(H,28,32). The maximum atomic E-state index is 14.0. The summed E-state index contributed by atoms with van der Waals surface area (Å²) < 4.78 is 21.5. The van der Waals surface area contributed by atoms with Crippen LogP contribution in [0.1, 0.15) is 23.9 Å². The number of nitrogens with zero attached hydrogens (tertiary/aromatic N) is 3. The Morgan fingerprint density at radius 2 is 1.68 bits per heavy atom. The van der Waals surface area contributed by atoms with Crippen molar-refractivity contribution in [2.24, 2.45) is 0 Å². The number of carbonyl (C=O) groups excluding carboxylic acids is 1. The molecule has 3 aromatic carbocycles. The minimum atomic E-state index is -0.445. The number of halogens is 1. The third kappa shape index (κ3) is 5.28. The van der Waals surface area contributed by atoms with Crippen LogP contribution in [0.5, 0.6) is 5.75 Å². The maximum Gasteiger partial charge on any atom is 0.237 e. The second-order valence-corrected chi connectivity index (χ2v) is 9.11. The van der Waals surface area contributed by atoms with Crippen LogP contribution in [0.2, 0.25) is 0 Å². The normalized spacial score (nSPS) is 11.8. The molecule has 1 amide bonds. The van der Waals surface area contributed by atoms with Gasteiger partial charge in [0.15, 0.2) is 22.5 Å². The van der Waals surface area contributed by atoms with Crippen molar-refractivity contribution in [1.29, 1.82) is 0 Å². The van der Waals surface area contributed by atoms with Gasteiger partial charge in [0.05, 0.1) is 5.25 Å². The fourth-order valence-electron chi connectivity index (χ4n) is 3.46. The molecule has 0 fully saturated rings. The number of carbonyl (C=O) groups is 1. The Kier molecular flexibility index (Phi) is 7.27. The fraction of sp³-hybridized carbons (Fsp3) is 0.192. The molecule has 6 nitrogen and oxygen atoms in total. The molecule has 8 heteroatoms. The first-order valence-electron chi connectivity index (χ1n) is 10.8. The Bertz CT molecular complexity index is 1270. The zero-order valence-electron chi connectivity index (χ0n) is 19.2. The highest BCUT2D eigenvalue weighted by Gasteiger charge is 2.22. The zero-order valence-corrected chi connectivity index (χ0v) is 20.0. The first kappa shape index (κ1) is 23.5. The average Bonchev–Trinajstić information content (AvgIpc) is 3.23. The summed E-state index contributed by atoms with van der Waals surface area (Å²) in [6, 6.07) is 21.7. The minimum absolute atomic E-state index is 0.0202. The van der Waals surface area contributed by atoms with Crippen molar-refractivity contribution in [3.8, 4) is 11.4 Å². The molecule has 1 N–H and O–H groups in total. The minimum Gasteiger partial charge on any atom is -0.483 e. The number of hydrogen-bond acceptors (Lipinski definition) is 5. The van der Waals surface area contributed by atoms with E-state index < -0.39 is 11.1 Å². The number of aryl methyl sites for hydroxylation is 2. The Balaban J connectivity index is 1.56. The van der Waals surface area contributed by atoms with E-state index in [1.807, 2.05) is 73.9 Å². The lowest BCUT2D eigenvalue weighted by Gasteiger charge is -2.16. The molecule has 0 saturated carbocycles. The summed E-state index contributed by atoms with van der Waals surface area (Å²) in [5.74, 6) is 0.0637. The SMILES string of the molecule is Cc1cccc(C)c1NC(=O)C(C)Sc1nnc(COc2ccccc2F)n1-c1ccccc1. The van der Waals surface area contributed by atoms with Crippen molar-refractivity contribution in [3.63, 3.8) is 0 Å². The number of rotatable bonds is 8. The van der Waals surface area contributed by atoms with Gasteiger partial charge in [0.1, 0.15) is 6.61 Å². The van der Waals surface area contributed by atoms with Gasteiger partial charge in [-0.15, -0.1) is 10.2 Å². The monoisotopic (exact) mass is 476 g/mol. The van der Waals surface area contributed by atoms with Gasteiger partial charge in [-0.1, -0.05) is 60.3 Å². The van der Waals surface area contributed by atoms with Gasteiger partial charge in [-0.05, 0) is 56.2 Å². The highest BCUT2D eigenvalue weighted by atomic mass is 32.2. The van der Waals surface area contributed by atoms with Gasteiger partial charge in [-0.3, -0.25) is 9.36 Å². The molecule has 1 aromatic heterocycles. The van der Waals surface area contributed by atoms with Crippen LogP contribution >= 0.6 is 11.8 Å². The molecule has 174 valence electrons. The number of aromatic nitrogens is 3. The van der Waals surface area contributed by atoms with E-state index >= 15 is 0 Å². The van der Waals surface area contributed by atoms with Gasteiger partial charge >= 0.3 is 0 Å². The highest BCUT2D eigenvalue weighted by molar-refractivity contribution is 8.00. The van der Waals surface area contributed by atoms with Gasteiger partial charge in [0, 0.05) is 11.4 Å². The summed E-state index contributed by atoms with van der Waals surface area (Å²) in [6.07, 6.45) is 0. The van der Waals surface area contributed by atoms with Crippen molar-refractivity contribution >= 4 is 23.4 Å². The van der Waals surface area contributed by atoms with E-state index in [-0.39, 0.29) is 18.3 Å². The number of hydrogen-bond donors (Lipinski definition) is 1. The molecular formula is C26H25FN4O2S. The fourth-order valence-corrected chi connectivity index (χ4v) is 4.35. The summed E-state index contributed by atoms with van der Waals surface area (Å²) in [6.45, 7) is 5.78. The Labute approximate surface area is 202 Å². The third-order valence-electron chi connectivity index (χ3n) is 5.29. The first-order chi connectivity index (χ1) is 16.4. The van der Waals surface area contributed by atoms with Crippen LogP contribution in [0.15, 0.2) is 78.0 Å². The van der Waals surface area contributed by atoms with Gasteiger partial charge in [0.25, 0.3) is 0 Å². The van der Waals surface area contributed by atoms with E-state index in [1.54, 1.807) is 18.2 Å². The Morgan fingerprint density at radius 3 is 2.38 bits per heavy atom. The van der Waals surface area contributed by atoms with Crippen LogP contribution in [0.3, 0.4) is 0 Å². The molecule has 34 heavy (non-hydrogen) atoms. The molecule has 1 heterocycles. The van der Waals surface area contributed by atoms with E-state index in [4.69, 9.17) is 4.74 Å². The molecule has 4 rings (SSSR count). The van der Waals surface area contributed by atoms with E-state index in [2.05, 4.69) is 15.5 Å². The molecule has 0 aliphatic heterocycles. The van der Waals surface area contributed by atoms with Crippen molar-refractivity contribution in [3.05, 3.63) is 95.6 Å². The number of anilines is 1. The summed E-state index contributed by atoms with van der Waals surface area (Å²) in [7, 11) is 0. The summed E-state index contributed by atoms with van der Waals surface area (Å²) in [4.78, 5) is 13.0. The maximum absolute atomic E-state index is 14.0. The van der Waals surface area contributed by atoms with E-state index in [1.165, 1.54) is 17.8 Å². The van der Waals surface area contributed by atoms with Crippen LogP contribution in [0, 0.1) is 19.7 Å². The second-order valence-electron chi connectivity index (χ2n) is 7.80. The zero-order chi connectivity index (χ0) is 24.1. The van der Waals surface area contributed by atoms with Gasteiger partial charge in [0.2, 0.25) is 5.91 Å². The predicted octanol–water partition coefficient (Wildman–Crippen LogP) is 5.72. The number of nitrogens with one attached hydrogen (secondary N) is 1. The number of benzene rings is 3. The number of thioether (sulfide) groups is 1. The highest BCUT2D eigenvalue weighted by Crippen LogP contribution is 2.28. The smallest absolute Gasteiger partial charge is 0.237 e. The molecule has 0 aliphatic rings. The number of ether oxygens (including phenoxy) is 1. The summed E-state index contributed by atoms with van der Waals surface area (Å²) in [5, 5.41) is 11.7. The quantitative estimate of drug-likeness (QED) is 0.329. The van der Waals surface area contributed by atoms with E-state index in [0.29, 0.717) is 11.0 Å². The van der Waals surface area contributed by atoms with Crippen molar-refractivity contribution in [1.82, 2.24) is 14.8 Å². The van der Waals surface area contributed by atoms with Gasteiger partial charge < -0.3 is 10.1 Å². The van der Waals surface area contributed by atoms with Crippen LogP contribution in [-0.2, 0) is 11.4 Å². The van der Waals surface area contributed by atoms with E-state index in [0.717, 1.165) is 22.5 Å². The lowest BCUT2D eigenvalue weighted by Crippen LogP contribution is -2.24. The predicted molar refractivity (Wildman–Crippen MR) is 132 cm³/mol. The lowest BCUT2D eigenvalue weighted by atomic mass is 10.1. The molecule has 1 unspecified atom stereocenters. The Morgan fingerprint density at radius 1 is 1.00 bits per heavy atom. The molecule has 4 aromatic rings. The summed E-state index contributed by atoms with van der Waals surface area (Å²) in [5.41, 5.74) is 3.66. The molecule has 0 saturated heterocycles. The molecule has 0 spiro atoms. The third-order valence-corrected chi connectivity index (χ3v) is 6.33. The van der Waals surface area contributed by atoms with Crippen molar-refractivity contribution < 1.29 is 13.9 Å². The largest absolute Gasteiger partial charge is 0.483 e. The second kappa shape index (κ2) is 10.5. The molecule has 1 atom stereocenters. The van der Waals surface area contributed by atoms with Crippen LogP contribution < -0.4 is 10.1 Å². The summed E-state index contributed by atoms with van der Waals surface area (Å²) >= 11 is 1.30. The number of amides is 1. The topological polar surface area (TPSA) is 69.0 Å². The molecule has 0 bridgehead atoms.